The van der Waals surface area contributed by atoms with Gasteiger partial charge >= 0.3 is 6.36 Å². The van der Waals surface area contributed by atoms with Crippen LogP contribution >= 0.6 is 59.6 Å². The van der Waals surface area contributed by atoms with Crippen LogP contribution in [0, 0.1) is 0 Å². The van der Waals surface area contributed by atoms with Crippen molar-refractivity contribution < 1.29 is 26.7 Å². The van der Waals surface area contributed by atoms with Crippen LogP contribution in [0.1, 0.15) is 0 Å². The molecule has 1 unspecified atom stereocenters. The second-order valence-corrected chi connectivity index (χ2v) is 8.06. The second kappa shape index (κ2) is 6.86. The molecule has 0 aromatic heterocycles. The number of halogens is 8. The monoisotopic (exact) mass is 531 g/mol. The number of ether oxygens (including phenoxy) is 1. The van der Waals surface area contributed by atoms with Crippen molar-refractivity contribution in [1.82, 2.24) is 0 Å². The zero-order valence-corrected chi connectivity index (χ0v) is 15.7. The summed E-state index contributed by atoms with van der Waals surface area (Å²) in [5.74, 6) is -0.462. The molecule has 2 nitrogen and oxygen atoms in total. The number of nitrogens with zero attached hydrogens (tertiary/aromatic N) is 1. The van der Waals surface area contributed by atoms with Crippen molar-refractivity contribution in [2.75, 3.05) is 4.90 Å². The highest BCUT2D eigenvalue weighted by molar-refractivity contribution is 9.11. The molecule has 0 bridgehead atoms. The summed E-state index contributed by atoms with van der Waals surface area (Å²) in [5, 5.41) is 1.29. The van der Waals surface area contributed by atoms with Gasteiger partial charge in [-0.3, -0.25) is 0 Å². The van der Waals surface area contributed by atoms with Gasteiger partial charge in [-0.1, -0.05) is 27.7 Å². The number of benzene rings is 1. The van der Waals surface area contributed by atoms with Gasteiger partial charge in [-0.15, -0.1) is 13.2 Å². The quantitative estimate of drug-likeness (QED) is 0.252. The number of rotatable bonds is 3. The number of hydrogen-bond acceptors (Lipinski definition) is 3. The maximum absolute atomic E-state index is 13.1. The third-order valence-corrected chi connectivity index (χ3v) is 5.55. The van der Waals surface area contributed by atoms with Crippen molar-refractivity contribution >= 4 is 65.2 Å². The van der Waals surface area contributed by atoms with Crippen molar-refractivity contribution in [3.05, 3.63) is 32.2 Å². The molecule has 0 amide bonds. The highest BCUT2D eigenvalue weighted by Gasteiger charge is 2.35. The van der Waals surface area contributed by atoms with E-state index in [1.54, 1.807) is 0 Å². The largest absolute Gasteiger partial charge is 0.573 e. The average molecular weight is 534 g/mol. The minimum absolute atomic E-state index is 0.180. The summed E-state index contributed by atoms with van der Waals surface area (Å²) in [6.07, 6.45) is -7.56. The van der Waals surface area contributed by atoms with Crippen LogP contribution in [0.2, 0.25) is 0 Å². The fourth-order valence-corrected chi connectivity index (χ4v) is 4.82. The van der Waals surface area contributed by atoms with E-state index in [2.05, 4.69) is 52.5 Å². The molecule has 1 atom stereocenters. The summed E-state index contributed by atoms with van der Waals surface area (Å²) in [5.41, 5.74) is 0.0192. The first-order chi connectivity index (χ1) is 10.1. The first kappa shape index (κ1) is 18.3. The zero-order chi connectivity index (χ0) is 16.7. The summed E-state index contributed by atoms with van der Waals surface area (Å²) >= 11 is 10.5. The SMILES string of the molecule is FC(F)C1=CSC(Br)N1c1c(Br)cc(OC(F)(F)F)cc1Br. The molecular weight excluding hydrogens is 529 g/mol. The first-order valence-electron chi connectivity index (χ1n) is 5.42. The van der Waals surface area contributed by atoms with Crippen LogP contribution < -0.4 is 9.64 Å². The molecule has 2 rings (SSSR count). The van der Waals surface area contributed by atoms with Gasteiger partial charge in [0, 0.05) is 8.95 Å². The van der Waals surface area contributed by atoms with E-state index in [4.69, 9.17) is 0 Å². The molecule has 0 N–H and O–H groups in total. The topological polar surface area (TPSA) is 12.5 Å². The molecule has 1 aliphatic heterocycles. The van der Waals surface area contributed by atoms with Crippen molar-refractivity contribution in [3.63, 3.8) is 0 Å². The summed E-state index contributed by atoms with van der Waals surface area (Å²) in [6, 6.07) is 2.14. The lowest BCUT2D eigenvalue weighted by atomic mass is 10.2. The Kier molecular flexibility index (Phi) is 5.72. The van der Waals surface area contributed by atoms with E-state index >= 15 is 0 Å². The van der Waals surface area contributed by atoms with Crippen molar-refractivity contribution in [2.45, 2.75) is 17.1 Å². The fourth-order valence-electron chi connectivity index (χ4n) is 1.71. The lowest BCUT2D eigenvalue weighted by Gasteiger charge is -2.27. The molecule has 1 aliphatic rings. The van der Waals surface area contributed by atoms with Crippen molar-refractivity contribution in [2.24, 2.45) is 0 Å². The van der Waals surface area contributed by atoms with Crippen LogP contribution in [-0.4, -0.2) is 17.1 Å². The van der Waals surface area contributed by atoms with Gasteiger partial charge in [0.15, 0.2) is 0 Å². The van der Waals surface area contributed by atoms with Crippen LogP contribution in [0.5, 0.6) is 5.75 Å². The fraction of sp³-hybridized carbons (Fsp3) is 0.273. The van der Waals surface area contributed by atoms with Gasteiger partial charge < -0.3 is 9.64 Å². The minimum atomic E-state index is -4.84. The average Bonchev–Trinajstić information content (AvgIpc) is 2.68. The highest BCUT2D eigenvalue weighted by atomic mass is 79.9. The Morgan fingerprint density at radius 2 is 1.73 bits per heavy atom. The number of hydrogen-bond donors (Lipinski definition) is 0. The van der Waals surface area contributed by atoms with Crippen LogP contribution in [0.3, 0.4) is 0 Å². The lowest BCUT2D eigenvalue weighted by Crippen LogP contribution is -2.28. The predicted molar refractivity (Wildman–Crippen MR) is 85.4 cm³/mol. The Hall–Kier alpha value is -0.000000000000000167. The minimum Gasteiger partial charge on any atom is -0.406 e. The normalized spacial score (nSPS) is 18.9. The maximum Gasteiger partial charge on any atom is 0.573 e. The molecule has 0 saturated carbocycles. The maximum atomic E-state index is 13.1. The van der Waals surface area contributed by atoms with E-state index in [-0.39, 0.29) is 20.3 Å². The molecule has 11 heteroatoms. The third-order valence-electron chi connectivity index (χ3n) is 2.47. The van der Waals surface area contributed by atoms with Crippen LogP contribution in [0.4, 0.5) is 27.6 Å². The van der Waals surface area contributed by atoms with Crippen molar-refractivity contribution in [3.8, 4) is 5.75 Å². The second-order valence-electron chi connectivity index (χ2n) is 3.92. The van der Waals surface area contributed by atoms with Gasteiger partial charge in [0.05, 0.1) is 11.4 Å². The molecule has 122 valence electrons. The Labute approximate surface area is 151 Å². The molecule has 0 aliphatic carbocycles. The highest BCUT2D eigenvalue weighted by Crippen LogP contribution is 2.48. The van der Waals surface area contributed by atoms with Gasteiger partial charge in [-0.05, 0) is 49.4 Å². The molecule has 1 aromatic rings. The van der Waals surface area contributed by atoms with Gasteiger partial charge in [0.2, 0.25) is 0 Å². The van der Waals surface area contributed by atoms with Crippen LogP contribution in [0.25, 0.3) is 0 Å². The van der Waals surface area contributed by atoms with Gasteiger partial charge in [-0.25, -0.2) is 8.78 Å². The molecule has 0 spiro atoms. The number of allylic oxidation sites excluding steroid dienone is 1. The summed E-state index contributed by atoms with van der Waals surface area (Å²) in [6.45, 7) is 0. The molecular formula is C11H5Br3F5NOS. The van der Waals surface area contributed by atoms with Crippen LogP contribution in [0.15, 0.2) is 32.2 Å². The molecule has 0 radical (unpaired) electrons. The number of alkyl halides is 6. The Morgan fingerprint density at radius 1 is 1.18 bits per heavy atom. The lowest BCUT2D eigenvalue weighted by molar-refractivity contribution is -0.274. The first-order valence-corrected chi connectivity index (χ1v) is 8.86. The third kappa shape index (κ3) is 4.09. The summed E-state index contributed by atoms with van der Waals surface area (Å²) in [4.78, 5) is 1.28. The standard InChI is InChI=1S/C11H5Br3F5NOS/c12-5-1-4(21-11(17,18)19)2-6(13)8(5)20-7(9(15)16)3-22-10(20)14/h1-3,9-10H. The molecule has 1 heterocycles. The Balaban J connectivity index is 2.42. The van der Waals surface area contributed by atoms with E-state index < -0.39 is 22.8 Å². The number of thioether (sulfide) groups is 1. The van der Waals surface area contributed by atoms with E-state index in [1.165, 1.54) is 10.3 Å². The van der Waals surface area contributed by atoms with Crippen LogP contribution in [-0.2, 0) is 0 Å². The zero-order valence-electron chi connectivity index (χ0n) is 10.2. The van der Waals surface area contributed by atoms with Gasteiger partial charge in [-0.2, -0.15) is 0 Å². The van der Waals surface area contributed by atoms with E-state index in [9.17, 15) is 22.0 Å². The molecule has 1 aromatic carbocycles. The van der Waals surface area contributed by atoms with Gasteiger partial charge in [0.25, 0.3) is 6.43 Å². The smallest absolute Gasteiger partial charge is 0.406 e. The van der Waals surface area contributed by atoms with Crippen molar-refractivity contribution in [1.29, 1.82) is 0 Å². The predicted octanol–water partition coefficient (Wildman–Crippen LogP) is 6.45. The van der Waals surface area contributed by atoms with E-state index in [0.717, 1.165) is 23.9 Å². The Morgan fingerprint density at radius 3 is 2.18 bits per heavy atom. The molecule has 0 fully saturated rings. The Bertz CT molecular complexity index is 587. The molecule has 0 saturated heterocycles. The summed E-state index contributed by atoms with van der Waals surface area (Å²) in [7, 11) is 0. The van der Waals surface area contributed by atoms with E-state index in [1.807, 2.05) is 0 Å². The summed E-state index contributed by atoms with van der Waals surface area (Å²) < 4.78 is 66.6. The van der Waals surface area contributed by atoms with E-state index in [0.29, 0.717) is 0 Å². The number of anilines is 1. The molecule has 22 heavy (non-hydrogen) atoms. The van der Waals surface area contributed by atoms with Gasteiger partial charge in [0.1, 0.15) is 10.0 Å².